The van der Waals surface area contributed by atoms with Crippen LogP contribution in [0.2, 0.25) is 0 Å². The zero-order valence-corrected chi connectivity index (χ0v) is 20.3. The van der Waals surface area contributed by atoms with E-state index in [4.69, 9.17) is 14.5 Å². The molecule has 0 radical (unpaired) electrons. The molecule has 0 atom stereocenters. The summed E-state index contributed by atoms with van der Waals surface area (Å²) >= 11 is 1.70. The van der Waals surface area contributed by atoms with Gasteiger partial charge in [0.25, 0.3) is 11.8 Å². The maximum absolute atomic E-state index is 12.7. The van der Waals surface area contributed by atoms with Gasteiger partial charge in [-0.1, -0.05) is 0 Å². The van der Waals surface area contributed by atoms with E-state index in [2.05, 4.69) is 20.5 Å². The van der Waals surface area contributed by atoms with Crippen LogP contribution in [-0.4, -0.2) is 71.8 Å². The minimum atomic E-state index is -0.214. The highest BCUT2D eigenvalue weighted by atomic mass is 32.2. The van der Waals surface area contributed by atoms with Gasteiger partial charge in [-0.3, -0.25) is 14.6 Å². The lowest BCUT2D eigenvalue weighted by molar-refractivity contribution is -0.118. The number of hydrogen-bond acceptors (Lipinski definition) is 8. The Labute approximate surface area is 207 Å². The first-order valence-corrected chi connectivity index (χ1v) is 12.6. The number of amides is 2. The van der Waals surface area contributed by atoms with E-state index >= 15 is 0 Å². The fourth-order valence-electron chi connectivity index (χ4n) is 4.24. The van der Waals surface area contributed by atoms with Crippen molar-refractivity contribution in [2.45, 2.75) is 23.9 Å². The number of anilines is 1. The largest absolute Gasteiger partial charge is 0.497 e. The molecule has 1 saturated heterocycles. The third kappa shape index (κ3) is 5.66. The maximum atomic E-state index is 12.7. The number of carbonyl (C=O) groups is 2. The van der Waals surface area contributed by atoms with Crippen molar-refractivity contribution in [1.29, 1.82) is 0 Å². The number of carbonyl (C=O) groups excluding carboxylic acids is 2. The fraction of sp³-hybridized carbons (Fsp3) is 0.360. The highest BCUT2D eigenvalue weighted by molar-refractivity contribution is 7.99. The molecule has 2 aliphatic heterocycles. The molecule has 2 aliphatic rings. The molecule has 0 bridgehead atoms. The lowest BCUT2D eigenvalue weighted by Crippen LogP contribution is -2.45. The number of aromatic nitrogens is 2. The van der Waals surface area contributed by atoms with Crippen LogP contribution in [0.4, 0.5) is 5.69 Å². The maximum Gasteiger partial charge on any atom is 0.262 e. The third-order valence-electron chi connectivity index (χ3n) is 6.18. The quantitative estimate of drug-likeness (QED) is 0.484. The van der Waals surface area contributed by atoms with Gasteiger partial charge < -0.3 is 25.0 Å². The Balaban J connectivity index is 1.07. The van der Waals surface area contributed by atoms with Gasteiger partial charge in [0.05, 0.1) is 30.0 Å². The van der Waals surface area contributed by atoms with Gasteiger partial charge in [-0.25, -0.2) is 4.98 Å². The molecule has 1 fully saturated rings. The predicted molar refractivity (Wildman–Crippen MR) is 134 cm³/mol. The van der Waals surface area contributed by atoms with Crippen LogP contribution in [0, 0.1) is 0 Å². The number of methoxy groups -OCH3 is 1. The van der Waals surface area contributed by atoms with E-state index in [-0.39, 0.29) is 24.5 Å². The highest BCUT2D eigenvalue weighted by Crippen LogP contribution is 2.28. The van der Waals surface area contributed by atoms with E-state index in [0.717, 1.165) is 60.0 Å². The number of thioether (sulfide) groups is 1. The van der Waals surface area contributed by atoms with Crippen molar-refractivity contribution >= 4 is 40.3 Å². The highest BCUT2D eigenvalue weighted by Gasteiger charge is 2.22. The van der Waals surface area contributed by atoms with Gasteiger partial charge in [0, 0.05) is 43.1 Å². The van der Waals surface area contributed by atoms with Gasteiger partial charge in [0.2, 0.25) is 0 Å². The summed E-state index contributed by atoms with van der Waals surface area (Å²) in [6.07, 6.45) is 3.62. The molecular formula is C25H27N5O4S. The number of piperidine rings is 1. The summed E-state index contributed by atoms with van der Waals surface area (Å²) < 4.78 is 10.6. The summed E-state index contributed by atoms with van der Waals surface area (Å²) in [5.74, 6) is 1.93. The first-order chi connectivity index (χ1) is 17.1. The van der Waals surface area contributed by atoms with E-state index in [1.807, 2.05) is 24.4 Å². The summed E-state index contributed by atoms with van der Waals surface area (Å²) in [5, 5.41) is 6.77. The number of nitrogens with zero attached hydrogens (tertiary/aromatic N) is 3. The Kier molecular flexibility index (Phi) is 7.01. The molecule has 9 nitrogen and oxygen atoms in total. The summed E-state index contributed by atoms with van der Waals surface area (Å²) in [4.78, 5) is 35.9. The summed E-state index contributed by atoms with van der Waals surface area (Å²) in [7, 11) is 1.64. The van der Waals surface area contributed by atoms with Crippen LogP contribution in [-0.2, 0) is 4.79 Å². The second-order valence-electron chi connectivity index (χ2n) is 8.55. The topological polar surface area (TPSA) is 106 Å². The predicted octanol–water partition coefficient (Wildman–Crippen LogP) is 2.96. The van der Waals surface area contributed by atoms with Crippen molar-refractivity contribution < 1.29 is 19.1 Å². The molecule has 10 heteroatoms. The van der Waals surface area contributed by atoms with Gasteiger partial charge in [0.15, 0.2) is 6.61 Å². The SMILES string of the molecule is COc1ccc2ncc(SCCN3CCC(NC(=O)c4ccc5c(c4)NC(=O)CO5)CC3)nc2c1. The van der Waals surface area contributed by atoms with E-state index < -0.39 is 0 Å². The molecule has 0 spiro atoms. The molecule has 1 aromatic heterocycles. The number of likely N-dealkylation sites (tertiary alicyclic amines) is 1. The normalized spacial score (nSPS) is 16.3. The zero-order chi connectivity index (χ0) is 24.2. The molecule has 2 aromatic carbocycles. The molecule has 0 unspecified atom stereocenters. The first kappa shape index (κ1) is 23.4. The van der Waals surface area contributed by atoms with Crippen LogP contribution >= 0.6 is 11.8 Å². The first-order valence-electron chi connectivity index (χ1n) is 11.6. The van der Waals surface area contributed by atoms with Gasteiger partial charge >= 0.3 is 0 Å². The molecule has 3 heterocycles. The van der Waals surface area contributed by atoms with Gasteiger partial charge in [0.1, 0.15) is 16.5 Å². The molecule has 3 aromatic rings. The fourth-order valence-corrected chi connectivity index (χ4v) is 5.09. The minimum absolute atomic E-state index is 0.000505. The lowest BCUT2D eigenvalue weighted by atomic mass is 10.0. The number of nitrogens with one attached hydrogen (secondary N) is 2. The van der Waals surface area contributed by atoms with Crippen molar-refractivity contribution in [2.75, 3.05) is 44.4 Å². The van der Waals surface area contributed by atoms with Crippen LogP contribution in [0.1, 0.15) is 23.2 Å². The Bertz CT molecular complexity index is 1250. The van der Waals surface area contributed by atoms with Gasteiger partial charge in [-0.15, -0.1) is 11.8 Å². The molecule has 5 rings (SSSR count). The second kappa shape index (κ2) is 10.5. The molecular weight excluding hydrogens is 466 g/mol. The molecule has 35 heavy (non-hydrogen) atoms. The monoisotopic (exact) mass is 493 g/mol. The summed E-state index contributed by atoms with van der Waals surface area (Å²) in [5.41, 5.74) is 2.74. The third-order valence-corrected chi connectivity index (χ3v) is 7.06. The average molecular weight is 494 g/mol. The van der Waals surface area contributed by atoms with E-state index in [1.165, 1.54) is 0 Å². The number of ether oxygens (including phenoxy) is 2. The Morgan fingerprint density at radius 2 is 2.09 bits per heavy atom. The van der Waals surface area contributed by atoms with Crippen molar-refractivity contribution in [2.24, 2.45) is 0 Å². The standard InChI is InChI=1S/C25H27N5O4S/c1-33-18-3-4-19-20(13-18)29-24(14-26-19)35-11-10-30-8-6-17(7-9-30)27-25(32)16-2-5-22-21(12-16)28-23(31)15-34-22/h2-5,12-14,17H,6-11,15H2,1H3,(H,27,32)(H,28,31). The number of rotatable bonds is 7. The summed E-state index contributed by atoms with van der Waals surface area (Å²) in [6.45, 7) is 2.81. The minimum Gasteiger partial charge on any atom is -0.497 e. The van der Waals surface area contributed by atoms with Gasteiger partial charge in [-0.05, 0) is 43.2 Å². The van der Waals surface area contributed by atoms with Crippen molar-refractivity contribution in [3.63, 3.8) is 0 Å². The number of fused-ring (bicyclic) bond motifs is 2. The Morgan fingerprint density at radius 1 is 1.23 bits per heavy atom. The Morgan fingerprint density at radius 3 is 2.91 bits per heavy atom. The molecule has 2 N–H and O–H groups in total. The molecule has 2 amide bonds. The summed E-state index contributed by atoms with van der Waals surface area (Å²) in [6, 6.07) is 11.0. The van der Waals surface area contributed by atoms with E-state index in [9.17, 15) is 9.59 Å². The number of benzene rings is 2. The molecule has 182 valence electrons. The van der Waals surface area contributed by atoms with Gasteiger partial charge in [-0.2, -0.15) is 0 Å². The van der Waals surface area contributed by atoms with Crippen molar-refractivity contribution in [3.8, 4) is 11.5 Å². The Hall–Kier alpha value is -3.37. The average Bonchev–Trinajstić information content (AvgIpc) is 2.88. The van der Waals surface area contributed by atoms with Crippen LogP contribution in [0.3, 0.4) is 0 Å². The molecule has 0 saturated carbocycles. The van der Waals surface area contributed by atoms with E-state index in [0.29, 0.717) is 17.0 Å². The molecule has 0 aliphatic carbocycles. The van der Waals surface area contributed by atoms with Crippen molar-refractivity contribution in [1.82, 2.24) is 20.2 Å². The zero-order valence-electron chi connectivity index (χ0n) is 19.5. The van der Waals surface area contributed by atoms with Crippen LogP contribution < -0.4 is 20.1 Å². The van der Waals surface area contributed by atoms with Crippen LogP contribution in [0.5, 0.6) is 11.5 Å². The van der Waals surface area contributed by atoms with E-state index in [1.54, 1.807) is 37.1 Å². The number of hydrogen-bond donors (Lipinski definition) is 2. The lowest BCUT2D eigenvalue weighted by Gasteiger charge is -2.32. The van der Waals surface area contributed by atoms with Crippen LogP contribution in [0.25, 0.3) is 11.0 Å². The second-order valence-corrected chi connectivity index (χ2v) is 9.66. The van der Waals surface area contributed by atoms with Crippen LogP contribution in [0.15, 0.2) is 47.6 Å². The smallest absolute Gasteiger partial charge is 0.262 e. The van der Waals surface area contributed by atoms with Crippen molar-refractivity contribution in [3.05, 3.63) is 48.2 Å².